The summed E-state index contributed by atoms with van der Waals surface area (Å²) in [7, 11) is 0. The van der Waals surface area contributed by atoms with Crippen molar-refractivity contribution < 1.29 is 9.21 Å². The van der Waals surface area contributed by atoms with Gasteiger partial charge in [-0.1, -0.05) is 13.8 Å². The number of guanidine groups is 1. The molecule has 124 valence electrons. The average molecular weight is 308 g/mol. The zero-order valence-electron chi connectivity index (χ0n) is 14.0. The smallest absolute Gasteiger partial charge is 0.287 e. The van der Waals surface area contributed by atoms with E-state index in [4.69, 9.17) is 4.42 Å². The van der Waals surface area contributed by atoms with Gasteiger partial charge in [-0.05, 0) is 32.3 Å². The summed E-state index contributed by atoms with van der Waals surface area (Å²) in [6.07, 6.45) is 2.34. The van der Waals surface area contributed by atoms with Crippen molar-refractivity contribution in [2.75, 3.05) is 26.2 Å². The molecule has 0 aliphatic carbocycles. The van der Waals surface area contributed by atoms with Crippen molar-refractivity contribution in [1.29, 1.82) is 0 Å². The van der Waals surface area contributed by atoms with Crippen LogP contribution < -0.4 is 16.0 Å². The summed E-state index contributed by atoms with van der Waals surface area (Å²) in [4.78, 5) is 16.3. The molecule has 0 fully saturated rings. The third-order valence-corrected chi connectivity index (χ3v) is 2.96. The Labute approximate surface area is 132 Å². The SMILES string of the molecule is CCNC(=NCC(C)C)NCCCNC(=O)c1occc1C. The van der Waals surface area contributed by atoms with Crippen LogP contribution in [0.5, 0.6) is 0 Å². The fourth-order valence-electron chi connectivity index (χ4n) is 1.80. The number of nitrogens with one attached hydrogen (secondary N) is 3. The second-order valence-electron chi connectivity index (χ2n) is 5.58. The molecular formula is C16H28N4O2. The highest BCUT2D eigenvalue weighted by Gasteiger charge is 2.11. The molecule has 3 N–H and O–H groups in total. The molecule has 1 rings (SSSR count). The normalized spacial score (nSPS) is 11.6. The summed E-state index contributed by atoms with van der Waals surface area (Å²) >= 11 is 0. The monoisotopic (exact) mass is 308 g/mol. The molecule has 0 saturated heterocycles. The van der Waals surface area contributed by atoms with E-state index < -0.39 is 0 Å². The number of carbonyl (C=O) groups excluding carboxylic acids is 1. The summed E-state index contributed by atoms with van der Waals surface area (Å²) in [5.41, 5.74) is 0.853. The minimum Gasteiger partial charge on any atom is -0.459 e. The molecule has 0 unspecified atom stereocenters. The van der Waals surface area contributed by atoms with E-state index in [0.29, 0.717) is 18.2 Å². The van der Waals surface area contributed by atoms with Gasteiger partial charge in [0.05, 0.1) is 6.26 Å². The van der Waals surface area contributed by atoms with Crippen molar-refractivity contribution in [1.82, 2.24) is 16.0 Å². The highest BCUT2D eigenvalue weighted by molar-refractivity contribution is 5.92. The molecule has 0 spiro atoms. The Morgan fingerprint density at radius 1 is 1.27 bits per heavy atom. The van der Waals surface area contributed by atoms with Crippen molar-refractivity contribution in [2.24, 2.45) is 10.9 Å². The predicted octanol–water partition coefficient (Wildman–Crippen LogP) is 1.92. The summed E-state index contributed by atoms with van der Waals surface area (Å²) < 4.78 is 5.15. The van der Waals surface area contributed by atoms with E-state index in [0.717, 1.165) is 37.6 Å². The fraction of sp³-hybridized carbons (Fsp3) is 0.625. The number of hydrogen-bond acceptors (Lipinski definition) is 3. The molecule has 1 amide bonds. The molecule has 6 heteroatoms. The standard InChI is InChI=1S/C16H28N4O2/c1-5-17-16(20-11-12(2)3)19-9-6-8-18-15(21)14-13(4)7-10-22-14/h7,10,12H,5-6,8-9,11H2,1-4H3,(H,18,21)(H2,17,19,20). The maximum atomic E-state index is 11.8. The average Bonchev–Trinajstić information content (AvgIpc) is 2.90. The lowest BCUT2D eigenvalue weighted by atomic mass is 10.2. The molecule has 6 nitrogen and oxygen atoms in total. The topological polar surface area (TPSA) is 78.7 Å². The molecule has 0 aliphatic heterocycles. The van der Waals surface area contributed by atoms with E-state index in [-0.39, 0.29) is 5.91 Å². The molecule has 0 atom stereocenters. The van der Waals surface area contributed by atoms with Gasteiger partial charge in [-0.2, -0.15) is 0 Å². The fourth-order valence-corrected chi connectivity index (χ4v) is 1.80. The first kappa shape index (κ1) is 18.1. The van der Waals surface area contributed by atoms with Crippen LogP contribution in [0, 0.1) is 12.8 Å². The number of carbonyl (C=O) groups is 1. The van der Waals surface area contributed by atoms with Gasteiger partial charge in [0.2, 0.25) is 0 Å². The van der Waals surface area contributed by atoms with Crippen LogP contribution in [0.4, 0.5) is 0 Å². The molecule has 22 heavy (non-hydrogen) atoms. The van der Waals surface area contributed by atoms with Gasteiger partial charge in [-0.25, -0.2) is 0 Å². The van der Waals surface area contributed by atoms with Gasteiger partial charge in [0, 0.05) is 31.7 Å². The van der Waals surface area contributed by atoms with Crippen molar-refractivity contribution >= 4 is 11.9 Å². The Bertz CT molecular complexity index is 480. The maximum absolute atomic E-state index is 11.8. The Morgan fingerprint density at radius 3 is 2.59 bits per heavy atom. The number of aryl methyl sites for hydroxylation is 1. The first-order valence-electron chi connectivity index (χ1n) is 7.89. The van der Waals surface area contributed by atoms with Crippen LogP contribution in [-0.4, -0.2) is 38.0 Å². The van der Waals surface area contributed by atoms with Crippen molar-refractivity contribution in [3.8, 4) is 0 Å². The number of aliphatic imine (C=N–C) groups is 1. The van der Waals surface area contributed by atoms with E-state index >= 15 is 0 Å². The predicted molar refractivity (Wildman–Crippen MR) is 89.2 cm³/mol. The molecule has 0 aliphatic rings. The molecule has 1 aromatic rings. The third kappa shape index (κ3) is 6.65. The van der Waals surface area contributed by atoms with Gasteiger partial charge < -0.3 is 20.4 Å². The Balaban J connectivity index is 2.24. The molecule has 0 aromatic carbocycles. The zero-order chi connectivity index (χ0) is 16.4. The molecular weight excluding hydrogens is 280 g/mol. The van der Waals surface area contributed by atoms with Gasteiger partial charge >= 0.3 is 0 Å². The quantitative estimate of drug-likeness (QED) is 0.389. The maximum Gasteiger partial charge on any atom is 0.287 e. The summed E-state index contributed by atoms with van der Waals surface area (Å²) in [6.45, 7) is 11.1. The van der Waals surface area contributed by atoms with Gasteiger partial charge in [0.1, 0.15) is 0 Å². The van der Waals surface area contributed by atoms with E-state index in [9.17, 15) is 4.79 Å². The summed E-state index contributed by atoms with van der Waals surface area (Å²) in [5.74, 6) is 1.58. The lowest BCUT2D eigenvalue weighted by Gasteiger charge is -2.12. The highest BCUT2D eigenvalue weighted by atomic mass is 16.3. The number of rotatable bonds is 8. The van der Waals surface area contributed by atoms with Crippen LogP contribution in [0.15, 0.2) is 21.7 Å². The van der Waals surface area contributed by atoms with E-state index in [1.807, 2.05) is 13.8 Å². The second kappa shape index (κ2) is 9.87. The van der Waals surface area contributed by atoms with Gasteiger partial charge in [-0.15, -0.1) is 0 Å². The first-order valence-corrected chi connectivity index (χ1v) is 7.89. The summed E-state index contributed by atoms with van der Waals surface area (Å²) in [6, 6.07) is 1.78. The van der Waals surface area contributed by atoms with E-state index in [1.54, 1.807) is 6.07 Å². The van der Waals surface area contributed by atoms with Gasteiger partial charge in [-0.3, -0.25) is 9.79 Å². The van der Waals surface area contributed by atoms with Crippen LogP contribution in [0.25, 0.3) is 0 Å². The molecule has 0 saturated carbocycles. The lowest BCUT2D eigenvalue weighted by molar-refractivity contribution is 0.0925. The molecule has 1 heterocycles. The van der Waals surface area contributed by atoms with Crippen LogP contribution in [-0.2, 0) is 0 Å². The van der Waals surface area contributed by atoms with Crippen LogP contribution in [0.3, 0.4) is 0 Å². The number of furan rings is 1. The molecule has 1 aromatic heterocycles. The van der Waals surface area contributed by atoms with Crippen molar-refractivity contribution in [3.05, 3.63) is 23.7 Å². The van der Waals surface area contributed by atoms with Gasteiger partial charge in [0.25, 0.3) is 5.91 Å². The minimum absolute atomic E-state index is 0.164. The summed E-state index contributed by atoms with van der Waals surface area (Å²) in [5, 5.41) is 9.31. The molecule has 0 radical (unpaired) electrons. The third-order valence-electron chi connectivity index (χ3n) is 2.96. The number of hydrogen-bond donors (Lipinski definition) is 3. The largest absolute Gasteiger partial charge is 0.459 e. The lowest BCUT2D eigenvalue weighted by Crippen LogP contribution is -2.39. The second-order valence-corrected chi connectivity index (χ2v) is 5.58. The zero-order valence-corrected chi connectivity index (χ0v) is 14.0. The van der Waals surface area contributed by atoms with Crippen LogP contribution in [0.2, 0.25) is 0 Å². The van der Waals surface area contributed by atoms with Crippen LogP contribution in [0.1, 0.15) is 43.3 Å². The Hall–Kier alpha value is -1.98. The highest BCUT2D eigenvalue weighted by Crippen LogP contribution is 2.07. The van der Waals surface area contributed by atoms with Crippen molar-refractivity contribution in [2.45, 2.75) is 34.1 Å². The van der Waals surface area contributed by atoms with Crippen molar-refractivity contribution in [3.63, 3.8) is 0 Å². The van der Waals surface area contributed by atoms with Gasteiger partial charge in [0.15, 0.2) is 11.7 Å². The Morgan fingerprint density at radius 2 is 2.00 bits per heavy atom. The minimum atomic E-state index is -0.164. The number of amides is 1. The van der Waals surface area contributed by atoms with E-state index in [2.05, 4.69) is 34.8 Å². The van der Waals surface area contributed by atoms with E-state index in [1.165, 1.54) is 6.26 Å². The number of nitrogens with zero attached hydrogens (tertiary/aromatic N) is 1. The Kier molecular flexibility index (Phi) is 8.10. The van der Waals surface area contributed by atoms with Crippen LogP contribution >= 0.6 is 0 Å². The first-order chi connectivity index (χ1) is 10.5. The molecule has 0 bridgehead atoms.